The van der Waals surface area contributed by atoms with Crippen molar-refractivity contribution in [2.45, 2.75) is 13.0 Å². The van der Waals surface area contributed by atoms with Crippen LogP contribution in [-0.4, -0.2) is 16.5 Å². The fourth-order valence-corrected chi connectivity index (χ4v) is 1.94. The Kier molecular flexibility index (Phi) is 2.71. The zero-order chi connectivity index (χ0) is 11.5. The number of aromatic nitrogens is 2. The Labute approximate surface area is 100 Å². The lowest BCUT2D eigenvalue weighted by Gasteiger charge is -2.16. The maximum absolute atomic E-state index is 4.52. The van der Waals surface area contributed by atoms with E-state index in [9.17, 15) is 0 Å². The molecule has 4 nitrogen and oxygen atoms in total. The third kappa shape index (κ3) is 2.26. The van der Waals surface area contributed by atoms with Gasteiger partial charge in [-0.1, -0.05) is 18.2 Å². The summed E-state index contributed by atoms with van der Waals surface area (Å²) in [5, 5.41) is 6.52. The van der Waals surface area contributed by atoms with Gasteiger partial charge in [-0.3, -0.25) is 0 Å². The van der Waals surface area contributed by atoms with Crippen LogP contribution in [0.3, 0.4) is 0 Å². The highest BCUT2D eigenvalue weighted by Gasteiger charge is 2.11. The standard InChI is InChI=1S/C13H14N4/c1-2-4-11(5-3-1)16-13-15-8-10-6-7-14-9-12(10)17-13/h1-5,8,14H,6-7,9H2,(H,15,16,17). The van der Waals surface area contributed by atoms with Crippen LogP contribution in [-0.2, 0) is 13.0 Å². The van der Waals surface area contributed by atoms with Crippen LogP contribution < -0.4 is 10.6 Å². The summed E-state index contributed by atoms with van der Waals surface area (Å²) in [5.74, 6) is 0.665. The van der Waals surface area contributed by atoms with Crippen molar-refractivity contribution in [3.05, 3.63) is 47.8 Å². The van der Waals surface area contributed by atoms with E-state index in [1.54, 1.807) is 0 Å². The second-order valence-electron chi connectivity index (χ2n) is 4.08. The Hall–Kier alpha value is -1.94. The first kappa shape index (κ1) is 10.2. The van der Waals surface area contributed by atoms with Crippen LogP contribution in [0.4, 0.5) is 11.6 Å². The van der Waals surface area contributed by atoms with E-state index in [-0.39, 0.29) is 0 Å². The second kappa shape index (κ2) is 4.51. The number of nitrogens with one attached hydrogen (secondary N) is 2. The molecule has 1 aliphatic rings. The van der Waals surface area contributed by atoms with Gasteiger partial charge in [-0.15, -0.1) is 0 Å². The van der Waals surface area contributed by atoms with E-state index in [2.05, 4.69) is 20.6 Å². The second-order valence-corrected chi connectivity index (χ2v) is 4.08. The van der Waals surface area contributed by atoms with Crippen LogP contribution >= 0.6 is 0 Å². The lowest BCUT2D eigenvalue weighted by molar-refractivity contribution is 0.624. The Morgan fingerprint density at radius 2 is 2.06 bits per heavy atom. The van der Waals surface area contributed by atoms with Gasteiger partial charge in [0.05, 0.1) is 5.69 Å². The maximum Gasteiger partial charge on any atom is 0.227 e. The van der Waals surface area contributed by atoms with Crippen molar-refractivity contribution < 1.29 is 0 Å². The average molecular weight is 226 g/mol. The fraction of sp³-hybridized carbons (Fsp3) is 0.231. The number of hydrogen-bond donors (Lipinski definition) is 2. The third-order valence-electron chi connectivity index (χ3n) is 2.85. The first-order valence-electron chi connectivity index (χ1n) is 5.79. The molecule has 0 bridgehead atoms. The average Bonchev–Trinajstić information content (AvgIpc) is 2.40. The minimum absolute atomic E-state index is 0.665. The van der Waals surface area contributed by atoms with Crippen molar-refractivity contribution in [2.75, 3.05) is 11.9 Å². The number of para-hydroxylation sites is 1. The monoisotopic (exact) mass is 226 g/mol. The molecule has 86 valence electrons. The van der Waals surface area contributed by atoms with Gasteiger partial charge in [0.2, 0.25) is 5.95 Å². The maximum atomic E-state index is 4.52. The predicted octanol–water partition coefficient (Wildman–Crippen LogP) is 1.87. The molecule has 2 aromatic rings. The molecule has 17 heavy (non-hydrogen) atoms. The topological polar surface area (TPSA) is 49.8 Å². The Bertz CT molecular complexity index is 510. The molecule has 0 saturated carbocycles. The van der Waals surface area contributed by atoms with Gasteiger partial charge in [0.25, 0.3) is 0 Å². The van der Waals surface area contributed by atoms with Gasteiger partial charge in [0.1, 0.15) is 0 Å². The summed E-state index contributed by atoms with van der Waals surface area (Å²) in [7, 11) is 0. The van der Waals surface area contributed by atoms with Crippen molar-refractivity contribution in [3.8, 4) is 0 Å². The van der Waals surface area contributed by atoms with Gasteiger partial charge in [-0.25, -0.2) is 9.97 Å². The zero-order valence-corrected chi connectivity index (χ0v) is 9.48. The smallest absolute Gasteiger partial charge is 0.227 e. The number of fused-ring (bicyclic) bond motifs is 1. The van der Waals surface area contributed by atoms with Gasteiger partial charge in [-0.2, -0.15) is 0 Å². The van der Waals surface area contributed by atoms with Gasteiger partial charge < -0.3 is 10.6 Å². The highest BCUT2D eigenvalue weighted by Crippen LogP contribution is 2.15. The SMILES string of the molecule is c1ccc(Nc2ncc3c(n2)CNCC3)cc1. The van der Waals surface area contributed by atoms with Crippen molar-refractivity contribution in [1.82, 2.24) is 15.3 Å². The van der Waals surface area contributed by atoms with Crippen LogP contribution in [0.25, 0.3) is 0 Å². The molecule has 0 atom stereocenters. The molecular weight excluding hydrogens is 212 g/mol. The van der Waals surface area contributed by atoms with E-state index in [0.29, 0.717) is 5.95 Å². The molecular formula is C13H14N4. The van der Waals surface area contributed by atoms with E-state index < -0.39 is 0 Å². The molecule has 4 heteroatoms. The van der Waals surface area contributed by atoms with E-state index >= 15 is 0 Å². The summed E-state index contributed by atoms with van der Waals surface area (Å²) >= 11 is 0. The van der Waals surface area contributed by atoms with Crippen molar-refractivity contribution in [3.63, 3.8) is 0 Å². The molecule has 3 rings (SSSR count). The number of benzene rings is 1. The molecule has 0 radical (unpaired) electrons. The minimum atomic E-state index is 0.665. The molecule has 1 aliphatic heterocycles. The molecule has 0 aliphatic carbocycles. The summed E-state index contributed by atoms with van der Waals surface area (Å²) in [6.45, 7) is 1.85. The van der Waals surface area contributed by atoms with E-state index in [0.717, 1.165) is 30.9 Å². The summed E-state index contributed by atoms with van der Waals surface area (Å²) in [5.41, 5.74) is 3.36. The highest BCUT2D eigenvalue weighted by molar-refractivity contribution is 5.52. The molecule has 0 amide bonds. The normalized spacial score (nSPS) is 14.1. The van der Waals surface area contributed by atoms with E-state index in [4.69, 9.17) is 0 Å². The molecule has 2 heterocycles. The highest BCUT2D eigenvalue weighted by atomic mass is 15.1. The Morgan fingerprint density at radius 1 is 1.18 bits per heavy atom. The predicted molar refractivity (Wildman–Crippen MR) is 67.2 cm³/mol. The number of nitrogens with zero attached hydrogens (tertiary/aromatic N) is 2. The number of rotatable bonds is 2. The van der Waals surface area contributed by atoms with Crippen molar-refractivity contribution in [2.24, 2.45) is 0 Å². The van der Waals surface area contributed by atoms with Crippen LogP contribution in [0, 0.1) is 0 Å². The van der Waals surface area contributed by atoms with E-state index in [1.807, 2.05) is 36.5 Å². The molecule has 0 spiro atoms. The molecule has 0 fully saturated rings. The Balaban J connectivity index is 1.84. The van der Waals surface area contributed by atoms with Crippen LogP contribution in [0.2, 0.25) is 0 Å². The molecule has 0 saturated heterocycles. The van der Waals surface area contributed by atoms with Crippen molar-refractivity contribution >= 4 is 11.6 Å². The van der Waals surface area contributed by atoms with Crippen molar-refractivity contribution in [1.29, 1.82) is 0 Å². The fourth-order valence-electron chi connectivity index (χ4n) is 1.94. The largest absolute Gasteiger partial charge is 0.324 e. The minimum Gasteiger partial charge on any atom is -0.324 e. The summed E-state index contributed by atoms with van der Waals surface area (Å²) in [4.78, 5) is 8.86. The van der Waals surface area contributed by atoms with Crippen LogP contribution in [0.15, 0.2) is 36.5 Å². The quantitative estimate of drug-likeness (QED) is 0.820. The molecule has 2 N–H and O–H groups in total. The van der Waals surface area contributed by atoms with Gasteiger partial charge in [-0.05, 0) is 30.7 Å². The number of anilines is 2. The molecule has 1 aromatic heterocycles. The number of hydrogen-bond acceptors (Lipinski definition) is 4. The first-order valence-corrected chi connectivity index (χ1v) is 5.79. The lowest BCUT2D eigenvalue weighted by Crippen LogP contribution is -2.25. The summed E-state index contributed by atoms with van der Waals surface area (Å²) in [6, 6.07) is 9.97. The lowest BCUT2D eigenvalue weighted by atomic mass is 10.1. The Morgan fingerprint density at radius 3 is 2.94 bits per heavy atom. The van der Waals surface area contributed by atoms with Gasteiger partial charge >= 0.3 is 0 Å². The first-order chi connectivity index (χ1) is 8.42. The van der Waals surface area contributed by atoms with Gasteiger partial charge in [0.15, 0.2) is 0 Å². The third-order valence-corrected chi connectivity index (χ3v) is 2.85. The van der Waals surface area contributed by atoms with Crippen LogP contribution in [0.1, 0.15) is 11.3 Å². The zero-order valence-electron chi connectivity index (χ0n) is 9.48. The van der Waals surface area contributed by atoms with Crippen LogP contribution in [0.5, 0.6) is 0 Å². The summed E-state index contributed by atoms with van der Waals surface area (Å²) in [6.07, 6.45) is 2.94. The van der Waals surface area contributed by atoms with Gasteiger partial charge in [0, 0.05) is 18.4 Å². The molecule has 1 aromatic carbocycles. The molecule has 0 unspecified atom stereocenters. The summed E-state index contributed by atoms with van der Waals surface area (Å²) < 4.78 is 0. The van der Waals surface area contributed by atoms with E-state index in [1.165, 1.54) is 5.56 Å².